The molecular formula is C24H23NO4S. The molecule has 0 bridgehead atoms. The Bertz CT molecular complexity index is 1100. The molecule has 4 rings (SSSR count). The normalized spacial score (nSPS) is 16.4. The van der Waals surface area contributed by atoms with Crippen molar-refractivity contribution < 1.29 is 17.9 Å². The van der Waals surface area contributed by atoms with Gasteiger partial charge in [-0.2, -0.15) is 0 Å². The zero-order chi connectivity index (χ0) is 21.0. The van der Waals surface area contributed by atoms with Crippen molar-refractivity contribution in [2.24, 2.45) is 0 Å². The Kier molecular flexibility index (Phi) is 5.86. The van der Waals surface area contributed by atoms with Crippen LogP contribution in [-0.4, -0.2) is 37.6 Å². The highest BCUT2D eigenvalue weighted by molar-refractivity contribution is 7.91. The van der Waals surface area contributed by atoms with E-state index in [4.69, 9.17) is 4.74 Å². The van der Waals surface area contributed by atoms with Crippen LogP contribution in [0.3, 0.4) is 0 Å². The van der Waals surface area contributed by atoms with Crippen LogP contribution in [0.15, 0.2) is 89.8 Å². The Morgan fingerprint density at radius 3 is 2.13 bits per heavy atom. The van der Waals surface area contributed by atoms with Gasteiger partial charge in [0.25, 0.3) is 5.91 Å². The summed E-state index contributed by atoms with van der Waals surface area (Å²) in [6, 6.07) is 24.5. The third-order valence-corrected chi connectivity index (χ3v) is 7.05. The maximum atomic E-state index is 13.0. The van der Waals surface area contributed by atoms with Crippen molar-refractivity contribution in [3.8, 4) is 11.5 Å². The van der Waals surface area contributed by atoms with Gasteiger partial charge in [0.2, 0.25) is 0 Å². The van der Waals surface area contributed by atoms with Gasteiger partial charge in [0.05, 0.1) is 10.6 Å². The second kappa shape index (κ2) is 8.71. The fourth-order valence-electron chi connectivity index (χ4n) is 3.71. The Morgan fingerprint density at radius 2 is 1.47 bits per heavy atom. The van der Waals surface area contributed by atoms with Crippen LogP contribution >= 0.6 is 0 Å². The molecule has 6 heteroatoms. The van der Waals surface area contributed by atoms with E-state index < -0.39 is 9.84 Å². The fraction of sp³-hybridized carbons (Fsp3) is 0.208. The lowest BCUT2D eigenvalue weighted by Gasteiger charge is -2.25. The summed E-state index contributed by atoms with van der Waals surface area (Å²) in [6.07, 6.45) is 1.49. The second-order valence-electron chi connectivity index (χ2n) is 7.33. The number of para-hydroxylation sites is 1. The number of ether oxygens (including phenoxy) is 1. The summed E-state index contributed by atoms with van der Waals surface area (Å²) in [6.45, 7) is 0.566. The summed E-state index contributed by atoms with van der Waals surface area (Å²) in [5.41, 5.74) is 0.527. The Balaban J connectivity index is 1.46. The van der Waals surface area contributed by atoms with Gasteiger partial charge in [-0.05, 0) is 61.4 Å². The molecule has 1 unspecified atom stereocenters. The lowest BCUT2D eigenvalue weighted by molar-refractivity contribution is 0.0749. The summed E-state index contributed by atoms with van der Waals surface area (Å²) < 4.78 is 31.3. The number of carbonyl (C=O) groups is 1. The maximum Gasteiger partial charge on any atom is 0.254 e. The Labute approximate surface area is 176 Å². The van der Waals surface area contributed by atoms with Gasteiger partial charge in [0.1, 0.15) is 11.5 Å². The minimum atomic E-state index is -3.45. The lowest BCUT2D eigenvalue weighted by atomic mass is 10.1. The molecular weight excluding hydrogens is 398 g/mol. The second-order valence-corrected chi connectivity index (χ2v) is 9.36. The van der Waals surface area contributed by atoms with E-state index in [1.807, 2.05) is 30.3 Å². The number of hydrogen-bond acceptors (Lipinski definition) is 4. The molecule has 0 N–H and O–H groups in total. The fourth-order valence-corrected chi connectivity index (χ4v) is 5.33. The standard InChI is InChI=1S/C24H23NO4S/c26-24(19-13-15-22(16-14-19)29-21-9-3-1-4-10-21)25-17-7-8-20(25)18-30(27,28)23-11-5-2-6-12-23/h1-6,9-16,20H,7-8,17-18H2. The average Bonchev–Trinajstić information content (AvgIpc) is 3.22. The summed E-state index contributed by atoms with van der Waals surface area (Å²) in [5, 5.41) is 0. The smallest absolute Gasteiger partial charge is 0.254 e. The molecule has 5 nitrogen and oxygen atoms in total. The molecule has 1 saturated heterocycles. The van der Waals surface area contributed by atoms with Gasteiger partial charge in [0, 0.05) is 18.2 Å². The highest BCUT2D eigenvalue weighted by Gasteiger charge is 2.33. The molecule has 1 fully saturated rings. The van der Waals surface area contributed by atoms with Crippen LogP contribution in [0.25, 0.3) is 0 Å². The van der Waals surface area contributed by atoms with Crippen molar-refractivity contribution in [2.75, 3.05) is 12.3 Å². The number of rotatable bonds is 6. The van der Waals surface area contributed by atoms with Crippen LogP contribution in [0.1, 0.15) is 23.2 Å². The van der Waals surface area contributed by atoms with Crippen molar-refractivity contribution in [3.05, 3.63) is 90.5 Å². The van der Waals surface area contributed by atoms with Crippen LogP contribution < -0.4 is 4.74 Å². The van der Waals surface area contributed by atoms with Crippen LogP contribution in [0, 0.1) is 0 Å². The average molecular weight is 422 g/mol. The van der Waals surface area contributed by atoms with E-state index in [-0.39, 0.29) is 17.7 Å². The number of nitrogens with zero attached hydrogens (tertiary/aromatic N) is 1. The molecule has 0 spiro atoms. The first-order chi connectivity index (χ1) is 14.5. The minimum absolute atomic E-state index is 0.0576. The number of likely N-dealkylation sites (tertiary alicyclic amines) is 1. The minimum Gasteiger partial charge on any atom is -0.457 e. The SMILES string of the molecule is O=C(c1ccc(Oc2ccccc2)cc1)N1CCCC1CS(=O)(=O)c1ccccc1. The van der Waals surface area contributed by atoms with Gasteiger partial charge in [-0.15, -0.1) is 0 Å². The van der Waals surface area contributed by atoms with E-state index in [0.717, 1.165) is 12.2 Å². The van der Waals surface area contributed by atoms with E-state index in [1.165, 1.54) is 0 Å². The largest absolute Gasteiger partial charge is 0.457 e. The third kappa shape index (κ3) is 4.54. The van der Waals surface area contributed by atoms with Gasteiger partial charge < -0.3 is 9.64 Å². The van der Waals surface area contributed by atoms with Crippen molar-refractivity contribution in [1.29, 1.82) is 0 Å². The van der Waals surface area contributed by atoms with E-state index >= 15 is 0 Å². The van der Waals surface area contributed by atoms with Crippen molar-refractivity contribution in [2.45, 2.75) is 23.8 Å². The number of hydrogen-bond donors (Lipinski definition) is 0. The molecule has 0 saturated carbocycles. The Morgan fingerprint density at radius 1 is 0.867 bits per heavy atom. The molecule has 1 atom stereocenters. The van der Waals surface area contributed by atoms with Gasteiger partial charge in [0.15, 0.2) is 9.84 Å². The predicted molar refractivity (Wildman–Crippen MR) is 116 cm³/mol. The zero-order valence-electron chi connectivity index (χ0n) is 16.5. The molecule has 30 heavy (non-hydrogen) atoms. The number of carbonyl (C=O) groups excluding carboxylic acids is 1. The molecule has 1 aliphatic heterocycles. The zero-order valence-corrected chi connectivity index (χ0v) is 17.3. The molecule has 154 valence electrons. The van der Waals surface area contributed by atoms with Crippen molar-refractivity contribution in [3.63, 3.8) is 0 Å². The topological polar surface area (TPSA) is 63.7 Å². The first kappa shape index (κ1) is 20.2. The van der Waals surface area contributed by atoms with E-state index in [0.29, 0.717) is 29.2 Å². The van der Waals surface area contributed by atoms with Gasteiger partial charge in [-0.1, -0.05) is 36.4 Å². The molecule has 3 aromatic rings. The highest BCUT2D eigenvalue weighted by Crippen LogP contribution is 2.26. The van der Waals surface area contributed by atoms with E-state index in [9.17, 15) is 13.2 Å². The van der Waals surface area contributed by atoms with Crippen molar-refractivity contribution >= 4 is 15.7 Å². The van der Waals surface area contributed by atoms with Crippen LogP contribution in [0.2, 0.25) is 0 Å². The van der Waals surface area contributed by atoms with E-state index in [2.05, 4.69) is 0 Å². The van der Waals surface area contributed by atoms with Gasteiger partial charge in [-0.25, -0.2) is 8.42 Å². The summed E-state index contributed by atoms with van der Waals surface area (Å²) in [5.74, 6) is 1.16. The van der Waals surface area contributed by atoms with Gasteiger partial charge in [-0.3, -0.25) is 4.79 Å². The summed E-state index contributed by atoms with van der Waals surface area (Å²) in [4.78, 5) is 15.0. The van der Waals surface area contributed by atoms with Crippen LogP contribution in [0.4, 0.5) is 0 Å². The van der Waals surface area contributed by atoms with Crippen LogP contribution in [-0.2, 0) is 9.84 Å². The Hall–Kier alpha value is -3.12. The molecule has 0 radical (unpaired) electrons. The first-order valence-corrected chi connectivity index (χ1v) is 11.6. The number of amides is 1. The number of sulfone groups is 1. The summed E-state index contributed by atoms with van der Waals surface area (Å²) >= 11 is 0. The molecule has 3 aromatic carbocycles. The molecule has 0 aliphatic carbocycles. The quantitative estimate of drug-likeness (QED) is 0.585. The van der Waals surface area contributed by atoms with Gasteiger partial charge >= 0.3 is 0 Å². The lowest BCUT2D eigenvalue weighted by Crippen LogP contribution is -2.39. The monoisotopic (exact) mass is 421 g/mol. The van der Waals surface area contributed by atoms with Crippen LogP contribution in [0.5, 0.6) is 11.5 Å². The van der Waals surface area contributed by atoms with E-state index in [1.54, 1.807) is 59.5 Å². The summed E-state index contributed by atoms with van der Waals surface area (Å²) in [7, 11) is -3.45. The number of benzene rings is 3. The molecule has 0 aromatic heterocycles. The first-order valence-electron chi connectivity index (χ1n) is 9.95. The predicted octanol–water partition coefficient (Wildman–Crippen LogP) is 4.56. The third-order valence-electron chi connectivity index (χ3n) is 5.23. The molecule has 1 heterocycles. The molecule has 1 amide bonds. The van der Waals surface area contributed by atoms with Crippen molar-refractivity contribution in [1.82, 2.24) is 4.90 Å². The molecule has 1 aliphatic rings. The highest BCUT2D eigenvalue weighted by atomic mass is 32.2. The maximum absolute atomic E-state index is 13.0.